The third-order valence-corrected chi connectivity index (χ3v) is 6.03. The van der Waals surface area contributed by atoms with Crippen molar-refractivity contribution in [3.8, 4) is 0 Å². The zero-order valence-corrected chi connectivity index (χ0v) is 16.3. The molecule has 2 saturated heterocycles. The number of halogens is 1. The van der Waals surface area contributed by atoms with Gasteiger partial charge in [-0.1, -0.05) is 11.6 Å². The van der Waals surface area contributed by atoms with Crippen molar-refractivity contribution in [2.45, 2.75) is 25.7 Å². The molecule has 5 nitrogen and oxygen atoms in total. The van der Waals surface area contributed by atoms with E-state index < -0.39 is 0 Å². The van der Waals surface area contributed by atoms with Crippen molar-refractivity contribution in [2.75, 3.05) is 37.7 Å². The molecule has 2 fully saturated rings. The van der Waals surface area contributed by atoms with Crippen LogP contribution in [0.4, 0.5) is 5.69 Å². The van der Waals surface area contributed by atoms with Crippen molar-refractivity contribution in [1.82, 2.24) is 10.3 Å². The van der Waals surface area contributed by atoms with Crippen LogP contribution >= 0.6 is 11.6 Å². The second-order valence-corrected chi connectivity index (χ2v) is 7.99. The molecule has 0 atom stereocenters. The molecule has 1 aromatic heterocycles. The van der Waals surface area contributed by atoms with Crippen molar-refractivity contribution < 1.29 is 9.53 Å². The highest BCUT2D eigenvalue weighted by Gasteiger charge is 2.24. The standard InChI is InChI=1S/C21H26ClN3O2/c22-17-1-2-18-19(13-17)23-8-3-20(18)25-9-4-15(5-10-25)14-24-21(26)16-6-11-27-12-7-16/h1-3,8,13,15-16H,4-7,9-12,14H2,(H,24,26). The summed E-state index contributed by atoms with van der Waals surface area (Å²) < 4.78 is 5.34. The van der Waals surface area contributed by atoms with Gasteiger partial charge in [0.05, 0.1) is 5.52 Å². The number of nitrogens with zero attached hydrogens (tertiary/aromatic N) is 2. The molecule has 27 heavy (non-hydrogen) atoms. The van der Waals surface area contributed by atoms with E-state index in [9.17, 15) is 4.79 Å². The number of rotatable bonds is 4. The van der Waals surface area contributed by atoms with Crippen LogP contribution in [0, 0.1) is 11.8 Å². The molecular weight excluding hydrogens is 362 g/mol. The smallest absolute Gasteiger partial charge is 0.223 e. The summed E-state index contributed by atoms with van der Waals surface area (Å²) in [5, 5.41) is 5.04. The van der Waals surface area contributed by atoms with E-state index in [1.165, 1.54) is 5.69 Å². The fraction of sp³-hybridized carbons (Fsp3) is 0.524. The fourth-order valence-electron chi connectivity index (χ4n) is 4.11. The van der Waals surface area contributed by atoms with Gasteiger partial charge in [-0.3, -0.25) is 9.78 Å². The molecule has 0 aliphatic carbocycles. The summed E-state index contributed by atoms with van der Waals surface area (Å²) in [4.78, 5) is 19.2. The van der Waals surface area contributed by atoms with Gasteiger partial charge in [-0.2, -0.15) is 0 Å². The first-order chi connectivity index (χ1) is 13.2. The maximum absolute atomic E-state index is 12.3. The van der Waals surface area contributed by atoms with Gasteiger partial charge in [0.25, 0.3) is 0 Å². The van der Waals surface area contributed by atoms with Gasteiger partial charge in [0.2, 0.25) is 5.91 Å². The Hall–Kier alpha value is -1.85. The zero-order valence-electron chi connectivity index (χ0n) is 15.5. The number of nitrogens with one attached hydrogen (secondary N) is 1. The maximum atomic E-state index is 12.3. The molecule has 0 unspecified atom stereocenters. The van der Waals surface area contributed by atoms with Crippen LogP contribution in [0.3, 0.4) is 0 Å². The van der Waals surface area contributed by atoms with Crippen molar-refractivity contribution in [3.63, 3.8) is 0 Å². The normalized spacial score (nSPS) is 19.4. The van der Waals surface area contributed by atoms with Gasteiger partial charge >= 0.3 is 0 Å². The van der Waals surface area contributed by atoms with E-state index in [0.29, 0.717) is 24.2 Å². The topological polar surface area (TPSA) is 54.5 Å². The Labute approximate surface area is 165 Å². The Morgan fingerprint density at radius 2 is 1.96 bits per heavy atom. The summed E-state index contributed by atoms with van der Waals surface area (Å²) in [5.74, 6) is 0.888. The SMILES string of the molecule is O=C(NCC1CCN(c2ccnc3cc(Cl)ccc23)CC1)C1CCOCC1. The fourth-order valence-corrected chi connectivity index (χ4v) is 4.28. The molecule has 1 N–H and O–H groups in total. The van der Waals surface area contributed by atoms with Gasteiger partial charge in [-0.05, 0) is 55.9 Å². The summed E-state index contributed by atoms with van der Waals surface area (Å²) in [5.41, 5.74) is 2.16. The molecular formula is C21H26ClN3O2. The lowest BCUT2D eigenvalue weighted by molar-refractivity contribution is -0.128. The Balaban J connectivity index is 1.32. The molecule has 2 aliphatic rings. The lowest BCUT2D eigenvalue weighted by atomic mass is 9.95. The minimum absolute atomic E-state index is 0.133. The highest BCUT2D eigenvalue weighted by atomic mass is 35.5. The first kappa shape index (κ1) is 18.5. The Bertz CT molecular complexity index is 799. The number of carbonyl (C=O) groups excluding carboxylic acids is 1. The lowest BCUT2D eigenvalue weighted by Crippen LogP contribution is -2.41. The van der Waals surface area contributed by atoms with Gasteiger partial charge in [0, 0.05) is 61.1 Å². The number of carbonyl (C=O) groups is 1. The maximum Gasteiger partial charge on any atom is 0.223 e. The molecule has 2 aliphatic heterocycles. The van der Waals surface area contributed by atoms with E-state index in [-0.39, 0.29) is 11.8 Å². The van der Waals surface area contributed by atoms with Crippen LogP contribution in [0.1, 0.15) is 25.7 Å². The lowest BCUT2D eigenvalue weighted by Gasteiger charge is -2.34. The zero-order chi connectivity index (χ0) is 18.6. The highest BCUT2D eigenvalue weighted by molar-refractivity contribution is 6.31. The number of piperidine rings is 1. The van der Waals surface area contributed by atoms with Crippen LogP contribution in [0.15, 0.2) is 30.5 Å². The van der Waals surface area contributed by atoms with Gasteiger partial charge in [-0.15, -0.1) is 0 Å². The second kappa shape index (κ2) is 8.44. The van der Waals surface area contributed by atoms with Crippen LogP contribution in [-0.2, 0) is 9.53 Å². The monoisotopic (exact) mass is 387 g/mol. The number of hydrogen-bond acceptors (Lipinski definition) is 4. The first-order valence-corrected chi connectivity index (χ1v) is 10.2. The summed E-state index contributed by atoms with van der Waals surface area (Å²) in [6.45, 7) is 4.21. The van der Waals surface area contributed by atoms with Gasteiger partial charge < -0.3 is 15.0 Å². The number of benzene rings is 1. The minimum Gasteiger partial charge on any atom is -0.381 e. The van der Waals surface area contributed by atoms with Crippen LogP contribution < -0.4 is 10.2 Å². The Morgan fingerprint density at radius 1 is 1.19 bits per heavy atom. The van der Waals surface area contributed by atoms with Crippen LogP contribution in [-0.4, -0.2) is 43.7 Å². The molecule has 0 bridgehead atoms. The number of hydrogen-bond donors (Lipinski definition) is 1. The number of ether oxygens (including phenoxy) is 1. The predicted molar refractivity (Wildman–Crippen MR) is 108 cm³/mol. The third-order valence-electron chi connectivity index (χ3n) is 5.79. The summed E-state index contributed by atoms with van der Waals surface area (Å²) in [7, 11) is 0. The number of fused-ring (bicyclic) bond motifs is 1. The van der Waals surface area contributed by atoms with E-state index in [2.05, 4.69) is 27.3 Å². The quantitative estimate of drug-likeness (QED) is 0.870. The van der Waals surface area contributed by atoms with Crippen LogP contribution in [0.25, 0.3) is 10.9 Å². The van der Waals surface area contributed by atoms with Crippen molar-refractivity contribution in [2.24, 2.45) is 11.8 Å². The molecule has 2 aromatic rings. The van der Waals surface area contributed by atoms with Crippen LogP contribution in [0.5, 0.6) is 0 Å². The number of aromatic nitrogens is 1. The van der Waals surface area contributed by atoms with Gasteiger partial charge in [-0.25, -0.2) is 0 Å². The van der Waals surface area contributed by atoms with Crippen LogP contribution in [0.2, 0.25) is 5.02 Å². The molecule has 3 heterocycles. The van der Waals surface area contributed by atoms with E-state index in [1.807, 2.05) is 18.3 Å². The molecule has 144 valence electrons. The molecule has 0 spiro atoms. The molecule has 4 rings (SSSR count). The summed E-state index contributed by atoms with van der Waals surface area (Å²) in [6.07, 6.45) is 5.73. The van der Waals surface area contributed by atoms with Crippen molar-refractivity contribution in [1.29, 1.82) is 0 Å². The minimum atomic E-state index is 0.133. The summed E-state index contributed by atoms with van der Waals surface area (Å²) in [6, 6.07) is 7.98. The number of anilines is 1. The van der Waals surface area contributed by atoms with E-state index >= 15 is 0 Å². The van der Waals surface area contributed by atoms with Gasteiger partial charge in [0.15, 0.2) is 0 Å². The summed E-state index contributed by atoms with van der Waals surface area (Å²) >= 11 is 6.10. The molecule has 0 saturated carbocycles. The van der Waals surface area contributed by atoms with E-state index in [1.54, 1.807) is 0 Å². The van der Waals surface area contributed by atoms with Crippen molar-refractivity contribution >= 4 is 34.1 Å². The molecule has 0 radical (unpaired) electrons. The average molecular weight is 388 g/mol. The highest BCUT2D eigenvalue weighted by Crippen LogP contribution is 2.30. The van der Waals surface area contributed by atoms with Gasteiger partial charge in [0.1, 0.15) is 0 Å². The molecule has 1 amide bonds. The van der Waals surface area contributed by atoms with Crippen molar-refractivity contribution in [3.05, 3.63) is 35.5 Å². The number of pyridine rings is 1. The third kappa shape index (κ3) is 4.36. The van der Waals surface area contributed by atoms with E-state index in [4.69, 9.17) is 16.3 Å². The first-order valence-electron chi connectivity index (χ1n) is 9.85. The predicted octanol–water partition coefficient (Wildman–Crippen LogP) is 3.65. The average Bonchev–Trinajstić information content (AvgIpc) is 2.72. The molecule has 6 heteroatoms. The largest absolute Gasteiger partial charge is 0.381 e. The number of amides is 1. The molecule has 1 aromatic carbocycles. The second-order valence-electron chi connectivity index (χ2n) is 7.55. The Kier molecular flexibility index (Phi) is 5.79. The van der Waals surface area contributed by atoms with E-state index in [0.717, 1.165) is 56.2 Å². The Morgan fingerprint density at radius 3 is 2.74 bits per heavy atom.